The van der Waals surface area contributed by atoms with Crippen molar-refractivity contribution in [2.75, 3.05) is 19.7 Å². The van der Waals surface area contributed by atoms with Crippen LogP contribution >= 0.6 is 0 Å². The van der Waals surface area contributed by atoms with Crippen LogP contribution in [0.25, 0.3) is 0 Å². The topological polar surface area (TPSA) is 177 Å². The van der Waals surface area contributed by atoms with Crippen LogP contribution in [0.5, 0.6) is 5.75 Å². The Morgan fingerprint density at radius 1 is 1.10 bits per heavy atom. The standard InChI is InChI=1S/C27H42N4O8/c1-6-8-16-31(25(36)20(12-13-21(28)33)30-26(37)39-27(3,4)5)23(18-10-9-11-19(32)17-18)24(35)29-15-14-22(34)38-7-2/h9-11,17,20,23,32H,6-8,12-16H2,1-5H3,(H2,28,33)(H,29,35)(H,30,37). The molecule has 12 heteroatoms. The number of hydrogen-bond acceptors (Lipinski definition) is 8. The van der Waals surface area contributed by atoms with Gasteiger partial charge in [0.1, 0.15) is 23.4 Å². The van der Waals surface area contributed by atoms with Gasteiger partial charge in [0.15, 0.2) is 0 Å². The highest BCUT2D eigenvalue weighted by Gasteiger charge is 2.36. The number of benzene rings is 1. The summed E-state index contributed by atoms with van der Waals surface area (Å²) in [6.45, 7) is 8.88. The lowest BCUT2D eigenvalue weighted by molar-refractivity contribution is -0.144. The maximum Gasteiger partial charge on any atom is 0.408 e. The van der Waals surface area contributed by atoms with Gasteiger partial charge < -0.3 is 35.8 Å². The van der Waals surface area contributed by atoms with Crippen molar-refractivity contribution in [1.82, 2.24) is 15.5 Å². The van der Waals surface area contributed by atoms with Crippen LogP contribution in [0, 0.1) is 0 Å². The van der Waals surface area contributed by atoms with Crippen molar-refractivity contribution in [3.63, 3.8) is 0 Å². The Bertz CT molecular complexity index is 992. The molecule has 5 N–H and O–H groups in total. The first-order valence-electron chi connectivity index (χ1n) is 13.1. The fraction of sp³-hybridized carbons (Fsp3) is 0.593. The van der Waals surface area contributed by atoms with E-state index in [-0.39, 0.29) is 44.7 Å². The van der Waals surface area contributed by atoms with Crippen molar-refractivity contribution in [3.05, 3.63) is 29.8 Å². The zero-order chi connectivity index (χ0) is 29.6. The largest absolute Gasteiger partial charge is 0.508 e. The van der Waals surface area contributed by atoms with Crippen LogP contribution in [-0.2, 0) is 28.7 Å². The number of amides is 4. The number of esters is 1. The third kappa shape index (κ3) is 12.5. The van der Waals surface area contributed by atoms with Crippen LogP contribution in [0.4, 0.5) is 4.79 Å². The number of carbonyl (C=O) groups excluding carboxylic acids is 5. The molecule has 0 aliphatic rings. The number of alkyl carbamates (subject to hydrolysis) is 1. The third-order valence-electron chi connectivity index (χ3n) is 5.38. The summed E-state index contributed by atoms with van der Waals surface area (Å²) >= 11 is 0. The van der Waals surface area contributed by atoms with Crippen molar-refractivity contribution in [3.8, 4) is 5.75 Å². The van der Waals surface area contributed by atoms with Gasteiger partial charge in [0.25, 0.3) is 0 Å². The van der Waals surface area contributed by atoms with Crippen molar-refractivity contribution < 1.29 is 38.6 Å². The molecule has 39 heavy (non-hydrogen) atoms. The van der Waals surface area contributed by atoms with Gasteiger partial charge in [0.05, 0.1) is 13.0 Å². The Morgan fingerprint density at radius 3 is 2.36 bits per heavy atom. The van der Waals surface area contributed by atoms with Crippen molar-refractivity contribution in [2.24, 2.45) is 5.73 Å². The maximum absolute atomic E-state index is 13.9. The van der Waals surface area contributed by atoms with Gasteiger partial charge in [-0.05, 0) is 58.2 Å². The number of phenolic OH excluding ortho intramolecular Hbond substituents is 1. The van der Waals surface area contributed by atoms with Gasteiger partial charge in [-0.1, -0.05) is 25.5 Å². The lowest BCUT2D eigenvalue weighted by Crippen LogP contribution is -2.53. The predicted octanol–water partition coefficient (Wildman–Crippen LogP) is 2.29. The molecule has 0 fully saturated rings. The zero-order valence-electron chi connectivity index (χ0n) is 23.5. The summed E-state index contributed by atoms with van der Waals surface area (Å²) in [5.41, 5.74) is 4.79. The van der Waals surface area contributed by atoms with E-state index in [1.165, 1.54) is 23.1 Å². The molecule has 12 nitrogen and oxygen atoms in total. The molecule has 1 aromatic rings. The normalized spacial score (nSPS) is 12.5. The first-order valence-corrected chi connectivity index (χ1v) is 13.1. The number of hydrogen-bond donors (Lipinski definition) is 4. The number of unbranched alkanes of at least 4 members (excludes halogenated alkanes) is 1. The molecule has 1 aromatic carbocycles. The van der Waals surface area contributed by atoms with E-state index in [2.05, 4.69) is 10.6 Å². The summed E-state index contributed by atoms with van der Waals surface area (Å²) in [5, 5.41) is 15.3. The summed E-state index contributed by atoms with van der Waals surface area (Å²) in [6, 6.07) is 3.47. The predicted molar refractivity (Wildman–Crippen MR) is 143 cm³/mol. The molecule has 0 saturated carbocycles. The van der Waals surface area contributed by atoms with Crippen molar-refractivity contribution in [1.29, 1.82) is 0 Å². The van der Waals surface area contributed by atoms with Crippen LogP contribution in [0.1, 0.15) is 78.3 Å². The summed E-state index contributed by atoms with van der Waals surface area (Å²) in [7, 11) is 0. The minimum Gasteiger partial charge on any atom is -0.508 e. The number of carbonyl (C=O) groups is 5. The van der Waals surface area contributed by atoms with E-state index in [1.807, 2.05) is 6.92 Å². The summed E-state index contributed by atoms with van der Waals surface area (Å²) in [4.78, 5) is 64.5. The van der Waals surface area contributed by atoms with E-state index in [1.54, 1.807) is 33.8 Å². The molecule has 0 heterocycles. The van der Waals surface area contributed by atoms with Gasteiger partial charge >= 0.3 is 12.1 Å². The highest BCUT2D eigenvalue weighted by molar-refractivity contribution is 5.92. The average Bonchev–Trinajstić information content (AvgIpc) is 2.82. The SMILES string of the molecule is CCCCN(C(=O)C(CCC(N)=O)NC(=O)OC(C)(C)C)C(C(=O)NCCC(=O)OCC)c1cccc(O)c1. The number of nitrogens with two attached hydrogens (primary N) is 1. The molecule has 1 rings (SSSR count). The molecule has 0 saturated heterocycles. The van der Waals surface area contributed by atoms with Gasteiger partial charge in [-0.3, -0.25) is 19.2 Å². The molecule has 4 amide bonds. The number of rotatable bonds is 15. The number of aromatic hydroxyl groups is 1. The molecule has 218 valence electrons. The Labute approximate surface area is 229 Å². The lowest BCUT2D eigenvalue weighted by atomic mass is 10.0. The van der Waals surface area contributed by atoms with E-state index in [4.69, 9.17) is 15.2 Å². The van der Waals surface area contributed by atoms with E-state index in [9.17, 15) is 29.1 Å². The molecule has 2 unspecified atom stereocenters. The summed E-state index contributed by atoms with van der Waals surface area (Å²) in [6.07, 6.45) is -0.0487. The summed E-state index contributed by atoms with van der Waals surface area (Å²) < 4.78 is 10.2. The van der Waals surface area contributed by atoms with Gasteiger partial charge in [-0.25, -0.2) is 4.79 Å². The molecule has 0 aliphatic heterocycles. The van der Waals surface area contributed by atoms with Crippen LogP contribution in [-0.4, -0.2) is 71.1 Å². The van der Waals surface area contributed by atoms with Gasteiger partial charge in [0.2, 0.25) is 17.7 Å². The second-order valence-electron chi connectivity index (χ2n) is 9.93. The average molecular weight is 551 g/mol. The molecule has 0 spiro atoms. The quantitative estimate of drug-likeness (QED) is 0.240. The second kappa shape index (κ2) is 16.2. The Morgan fingerprint density at radius 2 is 1.79 bits per heavy atom. The Hall–Kier alpha value is -3.83. The van der Waals surface area contributed by atoms with E-state index >= 15 is 0 Å². The molecule has 0 radical (unpaired) electrons. The third-order valence-corrected chi connectivity index (χ3v) is 5.38. The van der Waals surface area contributed by atoms with Crippen LogP contribution in [0.2, 0.25) is 0 Å². The Balaban J connectivity index is 3.41. The first kappa shape index (κ1) is 33.2. The van der Waals surface area contributed by atoms with Crippen LogP contribution in [0.3, 0.4) is 0 Å². The Kier molecular flexibility index (Phi) is 13.8. The summed E-state index contributed by atoms with van der Waals surface area (Å²) in [5.74, 6) is -2.50. The van der Waals surface area contributed by atoms with Gasteiger partial charge in [-0.15, -0.1) is 0 Å². The van der Waals surface area contributed by atoms with E-state index in [0.717, 1.165) is 0 Å². The molecule has 2 atom stereocenters. The highest BCUT2D eigenvalue weighted by atomic mass is 16.6. The minimum absolute atomic E-state index is 0.0376. The van der Waals surface area contributed by atoms with Gasteiger partial charge in [0, 0.05) is 19.5 Å². The van der Waals surface area contributed by atoms with Crippen LogP contribution in [0.15, 0.2) is 24.3 Å². The lowest BCUT2D eigenvalue weighted by Gasteiger charge is -2.34. The monoisotopic (exact) mass is 550 g/mol. The molecule has 0 aromatic heterocycles. The van der Waals surface area contributed by atoms with Crippen molar-refractivity contribution in [2.45, 2.75) is 84.4 Å². The molecular formula is C27H42N4O8. The minimum atomic E-state index is -1.23. The number of ether oxygens (including phenoxy) is 2. The van der Waals surface area contributed by atoms with Crippen LogP contribution < -0.4 is 16.4 Å². The molecule has 0 bridgehead atoms. The fourth-order valence-electron chi connectivity index (χ4n) is 3.67. The zero-order valence-corrected chi connectivity index (χ0v) is 23.5. The van der Waals surface area contributed by atoms with Gasteiger partial charge in [-0.2, -0.15) is 0 Å². The number of primary amides is 1. The van der Waals surface area contributed by atoms with E-state index in [0.29, 0.717) is 18.4 Å². The molecular weight excluding hydrogens is 508 g/mol. The molecule has 0 aliphatic carbocycles. The number of phenols is 1. The van der Waals surface area contributed by atoms with E-state index < -0.39 is 47.5 Å². The maximum atomic E-state index is 13.9. The second-order valence-corrected chi connectivity index (χ2v) is 9.93. The van der Waals surface area contributed by atoms with Crippen molar-refractivity contribution >= 4 is 29.8 Å². The fourth-order valence-corrected chi connectivity index (χ4v) is 3.67. The first-order chi connectivity index (χ1) is 18.3. The number of nitrogens with one attached hydrogen (secondary N) is 2. The highest BCUT2D eigenvalue weighted by Crippen LogP contribution is 2.26. The number of nitrogens with zero attached hydrogens (tertiary/aromatic N) is 1. The smallest absolute Gasteiger partial charge is 0.408 e.